The molecule has 0 amide bonds. The van der Waals surface area contributed by atoms with Crippen molar-refractivity contribution in [3.05, 3.63) is 0 Å². The van der Waals surface area contributed by atoms with Crippen molar-refractivity contribution >= 4 is 10.0 Å². The molecule has 0 radical (unpaired) electrons. The fraction of sp³-hybridized carbons (Fsp3) is 1.00. The summed E-state index contributed by atoms with van der Waals surface area (Å²) in [5.41, 5.74) is 5.71. The molecule has 3 N–H and O–H groups in total. The van der Waals surface area contributed by atoms with Crippen LogP contribution in [-0.4, -0.2) is 26.3 Å². The van der Waals surface area contributed by atoms with Crippen molar-refractivity contribution < 1.29 is 8.42 Å². The largest absolute Gasteiger partial charge is 0.328 e. The highest BCUT2D eigenvalue weighted by molar-refractivity contribution is 7.89. The van der Waals surface area contributed by atoms with Gasteiger partial charge in [-0.3, -0.25) is 0 Å². The second kappa shape index (κ2) is 4.59. The smallest absolute Gasteiger partial charge is 0.212 e. The van der Waals surface area contributed by atoms with Crippen molar-refractivity contribution in [1.82, 2.24) is 4.72 Å². The average molecular weight is 220 g/mol. The van der Waals surface area contributed by atoms with Crippen LogP contribution in [0.25, 0.3) is 0 Å². The monoisotopic (exact) mass is 220 g/mol. The SMILES string of the molecule is CC(C)CS(=O)(=O)NC1CCC(N)C1. The van der Waals surface area contributed by atoms with Crippen LogP contribution in [0, 0.1) is 5.92 Å². The molecule has 1 rings (SSSR count). The van der Waals surface area contributed by atoms with E-state index in [0.29, 0.717) is 0 Å². The lowest BCUT2D eigenvalue weighted by molar-refractivity contribution is 0.539. The van der Waals surface area contributed by atoms with Crippen LogP contribution < -0.4 is 10.5 Å². The van der Waals surface area contributed by atoms with Gasteiger partial charge in [0.25, 0.3) is 0 Å². The zero-order valence-corrected chi connectivity index (χ0v) is 9.68. The molecule has 0 aromatic rings. The molecule has 0 bridgehead atoms. The van der Waals surface area contributed by atoms with E-state index in [1.54, 1.807) is 0 Å². The summed E-state index contributed by atoms with van der Waals surface area (Å²) in [4.78, 5) is 0. The topological polar surface area (TPSA) is 72.2 Å². The Balaban J connectivity index is 2.43. The predicted octanol–water partition coefficient (Wildman–Crippen LogP) is 0.442. The van der Waals surface area contributed by atoms with Gasteiger partial charge in [-0.1, -0.05) is 13.8 Å². The van der Waals surface area contributed by atoms with E-state index in [9.17, 15) is 8.42 Å². The van der Waals surface area contributed by atoms with Gasteiger partial charge >= 0.3 is 0 Å². The summed E-state index contributed by atoms with van der Waals surface area (Å²) < 4.78 is 25.8. The van der Waals surface area contributed by atoms with E-state index < -0.39 is 10.0 Å². The molecule has 1 aliphatic carbocycles. The third-order valence-electron chi connectivity index (χ3n) is 2.37. The van der Waals surface area contributed by atoms with Crippen LogP contribution in [0.3, 0.4) is 0 Å². The molecule has 0 spiro atoms. The van der Waals surface area contributed by atoms with Gasteiger partial charge in [0.1, 0.15) is 0 Å². The number of hydrogen-bond acceptors (Lipinski definition) is 3. The summed E-state index contributed by atoms with van der Waals surface area (Å²) in [6, 6.07) is 0.232. The van der Waals surface area contributed by atoms with E-state index in [1.165, 1.54) is 0 Å². The molecule has 0 aromatic carbocycles. The van der Waals surface area contributed by atoms with E-state index in [-0.39, 0.29) is 23.8 Å². The zero-order chi connectivity index (χ0) is 10.8. The zero-order valence-electron chi connectivity index (χ0n) is 8.86. The van der Waals surface area contributed by atoms with Crippen LogP contribution in [0.2, 0.25) is 0 Å². The van der Waals surface area contributed by atoms with Gasteiger partial charge in [-0.05, 0) is 25.2 Å². The number of hydrogen-bond donors (Lipinski definition) is 2. The van der Waals surface area contributed by atoms with Crippen LogP contribution in [-0.2, 0) is 10.0 Å². The lowest BCUT2D eigenvalue weighted by Gasteiger charge is -2.13. The first-order valence-corrected chi connectivity index (χ1v) is 6.80. The highest BCUT2D eigenvalue weighted by atomic mass is 32.2. The third kappa shape index (κ3) is 3.94. The fourth-order valence-corrected chi connectivity index (χ4v) is 3.56. The van der Waals surface area contributed by atoms with Crippen LogP contribution in [0.15, 0.2) is 0 Å². The molecule has 4 nitrogen and oxygen atoms in total. The van der Waals surface area contributed by atoms with Gasteiger partial charge < -0.3 is 5.73 Å². The molecule has 1 fully saturated rings. The highest BCUT2D eigenvalue weighted by Gasteiger charge is 2.25. The Kier molecular flexibility index (Phi) is 3.92. The molecule has 2 atom stereocenters. The van der Waals surface area contributed by atoms with Gasteiger partial charge in [0.05, 0.1) is 5.75 Å². The van der Waals surface area contributed by atoms with Crippen LogP contribution in [0.1, 0.15) is 33.1 Å². The van der Waals surface area contributed by atoms with Gasteiger partial charge in [0, 0.05) is 12.1 Å². The molecule has 1 saturated carbocycles. The normalized spacial score (nSPS) is 28.6. The molecule has 0 heterocycles. The number of rotatable bonds is 4. The molecule has 14 heavy (non-hydrogen) atoms. The van der Waals surface area contributed by atoms with E-state index >= 15 is 0 Å². The molecular formula is C9H20N2O2S. The van der Waals surface area contributed by atoms with Crippen LogP contribution >= 0.6 is 0 Å². The molecule has 0 saturated heterocycles. The summed E-state index contributed by atoms with van der Waals surface area (Å²) in [5.74, 6) is 0.376. The Labute approximate surface area is 86.3 Å². The van der Waals surface area contributed by atoms with E-state index in [4.69, 9.17) is 5.73 Å². The predicted molar refractivity (Wildman–Crippen MR) is 57.4 cm³/mol. The van der Waals surface area contributed by atoms with Gasteiger partial charge in [-0.2, -0.15) is 0 Å². The summed E-state index contributed by atoms with van der Waals surface area (Å²) in [7, 11) is -3.09. The van der Waals surface area contributed by atoms with Crippen LogP contribution in [0.4, 0.5) is 0 Å². The first-order chi connectivity index (χ1) is 6.39. The van der Waals surface area contributed by atoms with Crippen molar-refractivity contribution in [2.75, 3.05) is 5.75 Å². The quantitative estimate of drug-likeness (QED) is 0.722. The molecule has 1 aliphatic rings. The molecule has 84 valence electrons. The van der Waals surface area contributed by atoms with Gasteiger partial charge in [0.2, 0.25) is 10.0 Å². The highest BCUT2D eigenvalue weighted by Crippen LogP contribution is 2.18. The third-order valence-corrected chi connectivity index (χ3v) is 4.17. The van der Waals surface area contributed by atoms with E-state index in [2.05, 4.69) is 4.72 Å². The Hall–Kier alpha value is -0.130. The minimum atomic E-state index is -3.09. The molecule has 0 aliphatic heterocycles. The lowest BCUT2D eigenvalue weighted by atomic mass is 10.2. The minimum absolute atomic E-state index is 0.0637. The maximum Gasteiger partial charge on any atom is 0.212 e. The standard InChI is InChI=1S/C9H20N2O2S/c1-7(2)6-14(12,13)11-9-4-3-8(10)5-9/h7-9,11H,3-6,10H2,1-2H3. The summed E-state index contributed by atoms with van der Waals surface area (Å²) in [5, 5.41) is 0. The van der Waals surface area contributed by atoms with Crippen molar-refractivity contribution in [3.8, 4) is 0 Å². The summed E-state index contributed by atoms with van der Waals surface area (Å²) in [6.07, 6.45) is 2.57. The van der Waals surface area contributed by atoms with E-state index in [0.717, 1.165) is 19.3 Å². The van der Waals surface area contributed by atoms with Crippen molar-refractivity contribution in [2.45, 2.75) is 45.2 Å². The first-order valence-electron chi connectivity index (χ1n) is 5.14. The number of nitrogens with one attached hydrogen (secondary N) is 1. The number of nitrogens with two attached hydrogens (primary N) is 1. The lowest BCUT2D eigenvalue weighted by Crippen LogP contribution is -2.36. The van der Waals surface area contributed by atoms with Gasteiger partial charge in [-0.15, -0.1) is 0 Å². The second-order valence-electron chi connectivity index (χ2n) is 4.56. The summed E-state index contributed by atoms with van der Waals surface area (Å²) in [6.45, 7) is 3.80. The van der Waals surface area contributed by atoms with E-state index in [1.807, 2.05) is 13.8 Å². The fourth-order valence-electron chi connectivity index (χ4n) is 1.86. The molecule has 2 unspecified atom stereocenters. The van der Waals surface area contributed by atoms with Crippen molar-refractivity contribution in [1.29, 1.82) is 0 Å². The molecular weight excluding hydrogens is 200 g/mol. The Bertz CT molecular complexity index is 275. The Morgan fingerprint density at radius 3 is 2.50 bits per heavy atom. The van der Waals surface area contributed by atoms with Gasteiger partial charge in [-0.25, -0.2) is 13.1 Å². The Morgan fingerprint density at radius 2 is 2.07 bits per heavy atom. The van der Waals surface area contributed by atoms with Crippen molar-refractivity contribution in [3.63, 3.8) is 0 Å². The number of sulfonamides is 1. The van der Waals surface area contributed by atoms with Crippen molar-refractivity contribution in [2.24, 2.45) is 11.7 Å². The summed E-state index contributed by atoms with van der Waals surface area (Å²) >= 11 is 0. The first kappa shape index (κ1) is 11.9. The molecule has 0 aromatic heterocycles. The minimum Gasteiger partial charge on any atom is -0.328 e. The second-order valence-corrected chi connectivity index (χ2v) is 6.36. The Morgan fingerprint density at radius 1 is 1.43 bits per heavy atom. The van der Waals surface area contributed by atoms with Crippen LogP contribution in [0.5, 0.6) is 0 Å². The maximum atomic E-state index is 11.6. The molecule has 5 heteroatoms. The van der Waals surface area contributed by atoms with Gasteiger partial charge in [0.15, 0.2) is 0 Å². The average Bonchev–Trinajstić information content (AvgIpc) is 2.30. The maximum absolute atomic E-state index is 11.6.